The lowest BCUT2D eigenvalue weighted by Crippen LogP contribution is -2.15. The number of ether oxygens (including phenoxy) is 1. The summed E-state index contributed by atoms with van der Waals surface area (Å²) < 4.78 is 7.14. The van der Waals surface area contributed by atoms with E-state index in [0.29, 0.717) is 12.3 Å². The van der Waals surface area contributed by atoms with Crippen molar-refractivity contribution >= 4 is 5.97 Å². The van der Waals surface area contributed by atoms with E-state index in [1.165, 1.54) is 10.9 Å². The molecule has 5 heteroatoms. The fraction of sp³-hybridized carbons (Fsp3) is 0.636. The zero-order valence-electron chi connectivity index (χ0n) is 9.35. The van der Waals surface area contributed by atoms with E-state index >= 15 is 0 Å². The summed E-state index contributed by atoms with van der Waals surface area (Å²) in [4.78, 5) is 11.1. The van der Waals surface area contributed by atoms with Crippen molar-refractivity contribution in [3.8, 4) is 5.75 Å². The normalized spacial score (nSPS) is 16.6. The Morgan fingerprint density at radius 1 is 1.62 bits per heavy atom. The van der Waals surface area contributed by atoms with Gasteiger partial charge in [0.25, 0.3) is 0 Å². The number of carboxylic acids is 1. The van der Waals surface area contributed by atoms with E-state index in [-0.39, 0.29) is 11.8 Å². The van der Waals surface area contributed by atoms with Crippen LogP contribution in [0, 0.1) is 0 Å². The molecule has 0 saturated heterocycles. The lowest BCUT2D eigenvalue weighted by Gasteiger charge is -2.12. The van der Waals surface area contributed by atoms with Crippen LogP contribution >= 0.6 is 0 Å². The van der Waals surface area contributed by atoms with Crippen LogP contribution < -0.4 is 4.74 Å². The number of aromatic nitrogens is 2. The molecule has 0 amide bonds. The first-order valence-electron chi connectivity index (χ1n) is 5.68. The lowest BCUT2D eigenvalue weighted by atomic mass is 10.3. The standard InChI is InChI=1S/C11H16N2O3/c1-2-13-10(11(14)15)9(7-12-13)16-8-5-3-4-6-8/h7-8H,2-6H2,1H3,(H,14,15). The highest BCUT2D eigenvalue weighted by molar-refractivity contribution is 5.88. The first-order chi connectivity index (χ1) is 7.72. The molecule has 0 bridgehead atoms. The largest absolute Gasteiger partial charge is 0.486 e. The third-order valence-electron chi connectivity index (χ3n) is 2.90. The predicted octanol–water partition coefficient (Wildman–Crippen LogP) is 1.92. The van der Waals surface area contributed by atoms with E-state index in [9.17, 15) is 4.79 Å². The van der Waals surface area contributed by atoms with Gasteiger partial charge in [0.2, 0.25) is 0 Å². The maximum absolute atomic E-state index is 11.1. The number of rotatable bonds is 4. The van der Waals surface area contributed by atoms with Gasteiger partial charge in [0.1, 0.15) is 0 Å². The molecule has 1 aromatic heterocycles. The molecule has 1 aromatic rings. The number of aryl methyl sites for hydroxylation is 1. The van der Waals surface area contributed by atoms with Crippen LogP contribution in [-0.2, 0) is 6.54 Å². The van der Waals surface area contributed by atoms with Gasteiger partial charge in [0, 0.05) is 6.54 Å². The van der Waals surface area contributed by atoms with E-state index in [4.69, 9.17) is 9.84 Å². The summed E-state index contributed by atoms with van der Waals surface area (Å²) in [5, 5.41) is 13.1. The van der Waals surface area contributed by atoms with Crippen molar-refractivity contribution in [2.45, 2.75) is 45.3 Å². The van der Waals surface area contributed by atoms with Gasteiger partial charge in [-0.25, -0.2) is 4.79 Å². The summed E-state index contributed by atoms with van der Waals surface area (Å²) in [6, 6.07) is 0. The molecule has 1 heterocycles. The van der Waals surface area contributed by atoms with Crippen molar-refractivity contribution in [1.82, 2.24) is 9.78 Å². The molecular formula is C11H16N2O3. The second-order valence-electron chi connectivity index (χ2n) is 4.00. The summed E-state index contributed by atoms with van der Waals surface area (Å²) >= 11 is 0. The molecule has 1 N–H and O–H groups in total. The maximum atomic E-state index is 11.1. The Labute approximate surface area is 94.0 Å². The van der Waals surface area contributed by atoms with Crippen LogP contribution in [0.1, 0.15) is 43.1 Å². The second kappa shape index (κ2) is 4.55. The third-order valence-corrected chi connectivity index (χ3v) is 2.90. The monoisotopic (exact) mass is 224 g/mol. The minimum atomic E-state index is -0.979. The Balaban J connectivity index is 2.19. The third kappa shape index (κ3) is 2.03. The maximum Gasteiger partial charge on any atom is 0.358 e. The first-order valence-corrected chi connectivity index (χ1v) is 5.68. The molecule has 16 heavy (non-hydrogen) atoms. The van der Waals surface area contributed by atoms with Crippen molar-refractivity contribution in [2.24, 2.45) is 0 Å². The predicted molar refractivity (Wildman–Crippen MR) is 57.7 cm³/mol. The van der Waals surface area contributed by atoms with Gasteiger partial charge in [-0.1, -0.05) is 0 Å². The van der Waals surface area contributed by atoms with Crippen LogP contribution in [0.3, 0.4) is 0 Å². The lowest BCUT2D eigenvalue weighted by molar-refractivity contribution is 0.0675. The van der Waals surface area contributed by atoms with Crippen molar-refractivity contribution in [1.29, 1.82) is 0 Å². The Kier molecular flexibility index (Phi) is 3.12. The summed E-state index contributed by atoms with van der Waals surface area (Å²) in [5.41, 5.74) is 0.161. The summed E-state index contributed by atoms with van der Waals surface area (Å²) in [5.74, 6) is -0.575. The van der Waals surface area contributed by atoms with Crippen LogP contribution in [0.4, 0.5) is 0 Å². The molecule has 1 aliphatic rings. The Morgan fingerprint density at radius 3 is 2.88 bits per heavy atom. The van der Waals surface area contributed by atoms with Crippen molar-refractivity contribution in [3.63, 3.8) is 0 Å². The van der Waals surface area contributed by atoms with Gasteiger partial charge in [0.15, 0.2) is 11.4 Å². The highest BCUT2D eigenvalue weighted by Crippen LogP contribution is 2.26. The molecule has 0 spiro atoms. The van der Waals surface area contributed by atoms with Gasteiger partial charge in [-0.2, -0.15) is 5.10 Å². The Morgan fingerprint density at radius 2 is 2.31 bits per heavy atom. The molecule has 5 nitrogen and oxygen atoms in total. The second-order valence-corrected chi connectivity index (χ2v) is 4.00. The molecule has 2 rings (SSSR count). The SMILES string of the molecule is CCn1ncc(OC2CCCC2)c1C(=O)O. The quantitative estimate of drug-likeness (QED) is 0.848. The molecule has 88 valence electrons. The van der Waals surface area contributed by atoms with Crippen molar-refractivity contribution < 1.29 is 14.6 Å². The summed E-state index contributed by atoms with van der Waals surface area (Å²) in [6.07, 6.45) is 6.01. The van der Waals surface area contributed by atoms with Crippen LogP contribution in [0.2, 0.25) is 0 Å². The van der Waals surface area contributed by atoms with Crippen molar-refractivity contribution in [2.75, 3.05) is 0 Å². The van der Waals surface area contributed by atoms with Gasteiger partial charge in [-0.05, 0) is 32.6 Å². The molecular weight excluding hydrogens is 208 g/mol. The fourth-order valence-corrected chi connectivity index (χ4v) is 2.10. The highest BCUT2D eigenvalue weighted by atomic mass is 16.5. The van der Waals surface area contributed by atoms with E-state index in [2.05, 4.69) is 5.10 Å². The fourth-order valence-electron chi connectivity index (χ4n) is 2.10. The van der Waals surface area contributed by atoms with Crippen LogP contribution in [-0.4, -0.2) is 27.0 Å². The molecule has 0 aromatic carbocycles. The van der Waals surface area contributed by atoms with Crippen molar-refractivity contribution in [3.05, 3.63) is 11.9 Å². The molecule has 0 aliphatic heterocycles. The average Bonchev–Trinajstić information content (AvgIpc) is 2.87. The molecule has 0 atom stereocenters. The van der Waals surface area contributed by atoms with Crippen LogP contribution in [0.25, 0.3) is 0 Å². The van der Waals surface area contributed by atoms with Crippen LogP contribution in [0.15, 0.2) is 6.20 Å². The number of hydrogen-bond donors (Lipinski definition) is 1. The van der Waals surface area contributed by atoms with Gasteiger partial charge in [-0.15, -0.1) is 0 Å². The van der Waals surface area contributed by atoms with E-state index < -0.39 is 5.97 Å². The number of aromatic carboxylic acids is 1. The topological polar surface area (TPSA) is 64.4 Å². The average molecular weight is 224 g/mol. The number of nitrogens with zero attached hydrogens (tertiary/aromatic N) is 2. The Hall–Kier alpha value is -1.52. The number of carbonyl (C=O) groups is 1. The summed E-state index contributed by atoms with van der Waals surface area (Å²) in [7, 11) is 0. The van der Waals surface area contributed by atoms with Gasteiger partial charge >= 0.3 is 5.97 Å². The molecule has 1 saturated carbocycles. The van der Waals surface area contributed by atoms with Gasteiger partial charge < -0.3 is 9.84 Å². The van der Waals surface area contributed by atoms with E-state index in [1.54, 1.807) is 0 Å². The minimum absolute atomic E-state index is 0.160. The van der Waals surface area contributed by atoms with Crippen LogP contribution in [0.5, 0.6) is 5.75 Å². The molecule has 0 radical (unpaired) electrons. The smallest absolute Gasteiger partial charge is 0.358 e. The van der Waals surface area contributed by atoms with Gasteiger partial charge in [-0.3, -0.25) is 4.68 Å². The number of carboxylic acid groups (broad SMARTS) is 1. The minimum Gasteiger partial charge on any atom is -0.486 e. The Bertz CT molecular complexity index is 381. The zero-order valence-corrected chi connectivity index (χ0v) is 9.35. The molecule has 1 fully saturated rings. The van der Waals surface area contributed by atoms with E-state index in [1.807, 2.05) is 6.92 Å². The molecule has 1 aliphatic carbocycles. The van der Waals surface area contributed by atoms with E-state index in [0.717, 1.165) is 25.7 Å². The summed E-state index contributed by atoms with van der Waals surface area (Å²) in [6.45, 7) is 2.40. The first kappa shape index (κ1) is 11.0. The highest BCUT2D eigenvalue weighted by Gasteiger charge is 2.23. The van der Waals surface area contributed by atoms with Gasteiger partial charge in [0.05, 0.1) is 12.3 Å². The molecule has 0 unspecified atom stereocenters. The zero-order chi connectivity index (χ0) is 11.5. The number of hydrogen-bond acceptors (Lipinski definition) is 3.